The summed E-state index contributed by atoms with van der Waals surface area (Å²) >= 11 is 6.17. The smallest absolute Gasteiger partial charge is 0.262 e. The standard InChI is InChI=1S/C24H21ClFN5O2/c1-14-29-30-23(33-14)16-4-6-20(21(26)12-16)24(32)31(18-3-2-9-27-13-18)22-19-7-5-17(25)11-15(19)8-10-28-22/h4-8,10-12,18,27H,2-3,9,13H2,1H3/t18-/m1/s1. The van der Waals surface area contributed by atoms with E-state index in [1.165, 1.54) is 12.1 Å². The molecule has 1 amide bonds. The average molecular weight is 466 g/mol. The number of hydrogen-bond donors (Lipinski definition) is 1. The second kappa shape index (κ2) is 8.88. The summed E-state index contributed by atoms with van der Waals surface area (Å²) in [6.45, 7) is 3.13. The van der Waals surface area contributed by atoms with E-state index in [2.05, 4.69) is 20.5 Å². The third-order valence-electron chi connectivity index (χ3n) is 5.76. The van der Waals surface area contributed by atoms with Gasteiger partial charge in [-0.1, -0.05) is 11.6 Å². The fourth-order valence-electron chi connectivity index (χ4n) is 4.18. The van der Waals surface area contributed by atoms with Crippen LogP contribution in [0.1, 0.15) is 29.1 Å². The van der Waals surface area contributed by atoms with Crippen LogP contribution in [-0.4, -0.2) is 40.2 Å². The van der Waals surface area contributed by atoms with Crippen LogP contribution in [0.25, 0.3) is 22.2 Å². The molecule has 9 heteroatoms. The first-order chi connectivity index (χ1) is 16.0. The molecule has 33 heavy (non-hydrogen) atoms. The number of fused-ring (bicyclic) bond motifs is 1. The number of piperidine rings is 1. The van der Waals surface area contributed by atoms with Crippen molar-refractivity contribution in [2.24, 2.45) is 0 Å². The Hall–Kier alpha value is -3.36. The molecule has 7 nitrogen and oxygen atoms in total. The van der Waals surface area contributed by atoms with Gasteiger partial charge in [-0.25, -0.2) is 9.37 Å². The summed E-state index contributed by atoms with van der Waals surface area (Å²) in [5, 5.41) is 13.3. The van der Waals surface area contributed by atoms with Crippen LogP contribution in [0.15, 0.2) is 53.1 Å². The number of nitrogens with zero attached hydrogens (tertiary/aromatic N) is 4. The van der Waals surface area contributed by atoms with Gasteiger partial charge >= 0.3 is 0 Å². The van der Waals surface area contributed by atoms with Gasteiger partial charge in [-0.3, -0.25) is 9.69 Å². The van der Waals surface area contributed by atoms with E-state index in [1.807, 2.05) is 18.2 Å². The number of nitrogens with one attached hydrogen (secondary N) is 1. The number of aromatic nitrogens is 3. The molecule has 5 rings (SSSR count). The highest BCUT2D eigenvalue weighted by atomic mass is 35.5. The molecule has 0 saturated carbocycles. The molecule has 2 aromatic heterocycles. The summed E-state index contributed by atoms with van der Waals surface area (Å²) < 4.78 is 20.6. The molecule has 0 unspecified atom stereocenters. The molecule has 0 radical (unpaired) electrons. The van der Waals surface area contributed by atoms with Crippen molar-refractivity contribution in [3.8, 4) is 11.5 Å². The number of hydrogen-bond acceptors (Lipinski definition) is 6. The first kappa shape index (κ1) is 21.5. The minimum absolute atomic E-state index is 0.0478. The van der Waals surface area contributed by atoms with Crippen molar-refractivity contribution in [2.75, 3.05) is 18.0 Å². The maximum atomic E-state index is 15.2. The van der Waals surface area contributed by atoms with Gasteiger partial charge in [0.2, 0.25) is 11.8 Å². The zero-order valence-corrected chi connectivity index (χ0v) is 18.6. The van der Waals surface area contributed by atoms with Gasteiger partial charge in [-0.15, -0.1) is 10.2 Å². The molecule has 0 aliphatic carbocycles. The molecule has 1 aliphatic heterocycles. The molecular formula is C24H21ClFN5O2. The van der Waals surface area contributed by atoms with E-state index in [4.69, 9.17) is 16.0 Å². The van der Waals surface area contributed by atoms with Crippen LogP contribution in [0.3, 0.4) is 0 Å². The zero-order valence-electron chi connectivity index (χ0n) is 17.9. The van der Waals surface area contributed by atoms with E-state index >= 15 is 4.39 Å². The van der Waals surface area contributed by atoms with Gasteiger partial charge < -0.3 is 9.73 Å². The van der Waals surface area contributed by atoms with Gasteiger partial charge in [-0.05, 0) is 67.2 Å². The van der Waals surface area contributed by atoms with E-state index in [0.717, 1.165) is 30.2 Å². The second-order valence-electron chi connectivity index (χ2n) is 8.00. The first-order valence-electron chi connectivity index (χ1n) is 10.7. The third-order valence-corrected chi connectivity index (χ3v) is 6.00. The summed E-state index contributed by atoms with van der Waals surface area (Å²) in [5.41, 5.74) is 0.363. The fourth-order valence-corrected chi connectivity index (χ4v) is 4.36. The van der Waals surface area contributed by atoms with Crippen LogP contribution in [0.4, 0.5) is 10.2 Å². The lowest BCUT2D eigenvalue weighted by molar-refractivity contribution is 0.0968. The van der Waals surface area contributed by atoms with Crippen LogP contribution in [0, 0.1) is 12.7 Å². The number of benzene rings is 2. The van der Waals surface area contributed by atoms with Crippen LogP contribution in [-0.2, 0) is 0 Å². The quantitative estimate of drug-likeness (QED) is 0.466. The molecule has 3 heterocycles. The number of aryl methyl sites for hydroxylation is 1. The number of carbonyl (C=O) groups excluding carboxylic acids is 1. The molecule has 4 aromatic rings. The summed E-state index contributed by atoms with van der Waals surface area (Å²) in [6, 6.07) is 11.4. The van der Waals surface area contributed by atoms with Crippen molar-refractivity contribution < 1.29 is 13.6 Å². The number of halogens is 2. The van der Waals surface area contributed by atoms with E-state index in [9.17, 15) is 4.79 Å². The number of anilines is 1. The van der Waals surface area contributed by atoms with Crippen LogP contribution in [0.5, 0.6) is 0 Å². The Balaban J connectivity index is 1.59. The van der Waals surface area contributed by atoms with Gasteiger partial charge in [0, 0.05) is 35.6 Å². The maximum absolute atomic E-state index is 15.2. The Morgan fingerprint density at radius 3 is 2.82 bits per heavy atom. The molecule has 168 valence electrons. The Labute approximate surface area is 194 Å². The van der Waals surface area contributed by atoms with Crippen LogP contribution < -0.4 is 10.2 Å². The highest BCUT2D eigenvalue weighted by molar-refractivity contribution is 6.31. The first-order valence-corrected chi connectivity index (χ1v) is 11.1. The molecule has 0 bridgehead atoms. The molecule has 2 aromatic carbocycles. The molecular weight excluding hydrogens is 445 g/mol. The average Bonchev–Trinajstić information content (AvgIpc) is 3.26. The second-order valence-corrected chi connectivity index (χ2v) is 8.43. The van der Waals surface area contributed by atoms with Crippen LogP contribution >= 0.6 is 11.6 Å². The predicted octanol–water partition coefficient (Wildman–Crippen LogP) is 4.78. The van der Waals surface area contributed by atoms with Crippen molar-refractivity contribution in [3.05, 3.63) is 71.0 Å². The lowest BCUT2D eigenvalue weighted by Crippen LogP contribution is -2.49. The Morgan fingerprint density at radius 1 is 1.21 bits per heavy atom. The monoisotopic (exact) mass is 465 g/mol. The maximum Gasteiger partial charge on any atom is 0.262 e. The molecule has 1 N–H and O–H groups in total. The van der Waals surface area contributed by atoms with Gasteiger partial charge in [0.05, 0.1) is 11.6 Å². The summed E-state index contributed by atoms with van der Waals surface area (Å²) in [6.07, 6.45) is 3.33. The number of pyridine rings is 1. The van der Waals surface area contributed by atoms with Crippen molar-refractivity contribution in [1.29, 1.82) is 0 Å². The predicted molar refractivity (Wildman–Crippen MR) is 124 cm³/mol. The van der Waals surface area contributed by atoms with E-state index < -0.39 is 11.7 Å². The van der Waals surface area contributed by atoms with Crippen molar-refractivity contribution in [1.82, 2.24) is 20.5 Å². The van der Waals surface area contributed by atoms with E-state index in [0.29, 0.717) is 28.8 Å². The minimum atomic E-state index is -0.662. The van der Waals surface area contributed by atoms with Crippen molar-refractivity contribution in [3.63, 3.8) is 0 Å². The fraction of sp³-hybridized carbons (Fsp3) is 0.250. The number of rotatable bonds is 4. The topological polar surface area (TPSA) is 84.2 Å². The Bertz CT molecular complexity index is 1340. The minimum Gasteiger partial charge on any atom is -0.421 e. The number of carbonyl (C=O) groups is 1. The van der Waals surface area contributed by atoms with Crippen molar-refractivity contribution >= 4 is 34.1 Å². The summed E-state index contributed by atoms with van der Waals surface area (Å²) in [5.74, 6) is -0.0521. The van der Waals surface area contributed by atoms with E-state index in [1.54, 1.807) is 30.2 Å². The lowest BCUT2D eigenvalue weighted by Gasteiger charge is -2.34. The number of amides is 1. The largest absolute Gasteiger partial charge is 0.421 e. The Kier molecular flexibility index (Phi) is 5.78. The van der Waals surface area contributed by atoms with Gasteiger partial charge in [0.25, 0.3) is 5.91 Å². The molecule has 1 saturated heterocycles. The zero-order chi connectivity index (χ0) is 22.9. The molecule has 0 spiro atoms. The lowest BCUT2D eigenvalue weighted by atomic mass is 10.0. The summed E-state index contributed by atoms with van der Waals surface area (Å²) in [7, 11) is 0. The normalized spacial score (nSPS) is 16.2. The highest BCUT2D eigenvalue weighted by Crippen LogP contribution is 2.31. The summed E-state index contributed by atoms with van der Waals surface area (Å²) in [4.78, 5) is 19.9. The Morgan fingerprint density at radius 2 is 2.09 bits per heavy atom. The third kappa shape index (κ3) is 4.19. The van der Waals surface area contributed by atoms with Crippen molar-refractivity contribution in [2.45, 2.75) is 25.8 Å². The SMILES string of the molecule is Cc1nnc(-c2ccc(C(=O)N(c3nccc4cc(Cl)ccc34)[C@@H]3CCCNC3)c(F)c2)o1. The van der Waals surface area contributed by atoms with Gasteiger partial charge in [-0.2, -0.15) is 0 Å². The highest BCUT2D eigenvalue weighted by Gasteiger charge is 2.31. The molecule has 1 atom stereocenters. The molecule has 1 fully saturated rings. The van der Waals surface area contributed by atoms with Crippen LogP contribution in [0.2, 0.25) is 5.02 Å². The molecule has 1 aliphatic rings. The van der Waals surface area contributed by atoms with Gasteiger partial charge in [0.15, 0.2) is 0 Å². The van der Waals surface area contributed by atoms with Gasteiger partial charge in [0.1, 0.15) is 11.6 Å². The van der Waals surface area contributed by atoms with E-state index in [-0.39, 0.29) is 17.5 Å².